The monoisotopic (exact) mass is 1190 g/mol. The molecule has 0 rings (SSSR count). The van der Waals surface area contributed by atoms with E-state index in [0.29, 0.717) is 78.3 Å². The molecule has 0 aliphatic rings. The molecule has 0 aliphatic carbocycles. The molecule has 0 fully saturated rings. The van der Waals surface area contributed by atoms with Crippen molar-refractivity contribution < 1.29 is 38.1 Å². The molecule has 0 N–H and O–H groups in total. The van der Waals surface area contributed by atoms with Crippen LogP contribution < -0.4 is 0 Å². The Bertz CT molecular complexity index is 1220. The molecule has 12 nitrogen and oxygen atoms in total. The van der Waals surface area contributed by atoms with Crippen molar-refractivity contribution >= 4 is 23.9 Å². The van der Waals surface area contributed by atoms with Gasteiger partial charge in [0.2, 0.25) is 0 Å². The van der Waals surface area contributed by atoms with Crippen molar-refractivity contribution in [2.24, 2.45) is 0 Å². The van der Waals surface area contributed by atoms with Crippen LogP contribution in [0.4, 0.5) is 0 Å². The normalized spacial score (nSPS) is 11.7. The Balaban J connectivity index is 5.17. The standard InChI is InChI=1S/C72H142N4O8/c1-7-13-17-21-25-29-33-37-41-45-65-81-69(77)51-59-75(60-52-70(78)82-66-46-42-38-34-30-26-22-18-14-8-2)57-49-55-73(11-5)63-64-74(12-6)56-50-58-76(61-53-71(79)83-67-47-43-39-35-31-27-23-19-15-9-3)62-54-72(80)84-68-48-44-40-36-32-28-24-20-16-10-4/h7-68H2,1-6H3. The topological polar surface area (TPSA) is 118 Å². The summed E-state index contributed by atoms with van der Waals surface area (Å²) in [7, 11) is 0. The first-order valence-electron chi connectivity index (χ1n) is 36.7. The highest BCUT2D eigenvalue weighted by molar-refractivity contribution is 5.71. The van der Waals surface area contributed by atoms with Gasteiger partial charge in [-0.25, -0.2) is 0 Å². The molecule has 84 heavy (non-hydrogen) atoms. The molecule has 0 radical (unpaired) electrons. The highest BCUT2D eigenvalue weighted by atomic mass is 16.5. The lowest BCUT2D eigenvalue weighted by Gasteiger charge is -2.28. The Morgan fingerprint density at radius 2 is 0.381 bits per heavy atom. The molecule has 498 valence electrons. The van der Waals surface area contributed by atoms with Crippen LogP contribution >= 0.6 is 0 Å². The molecule has 0 aromatic rings. The van der Waals surface area contributed by atoms with Crippen molar-refractivity contribution in [1.29, 1.82) is 0 Å². The van der Waals surface area contributed by atoms with E-state index in [0.717, 1.165) is 117 Å². The molecule has 0 heterocycles. The second kappa shape index (κ2) is 66.7. The van der Waals surface area contributed by atoms with Gasteiger partial charge in [-0.2, -0.15) is 0 Å². The number of nitrogens with zero attached hydrogens (tertiary/aromatic N) is 4. The Morgan fingerprint density at radius 3 is 0.571 bits per heavy atom. The van der Waals surface area contributed by atoms with E-state index in [1.165, 1.54) is 205 Å². The van der Waals surface area contributed by atoms with Gasteiger partial charge in [0.15, 0.2) is 0 Å². The second-order valence-electron chi connectivity index (χ2n) is 24.9. The van der Waals surface area contributed by atoms with Gasteiger partial charge in [-0.05, 0) is 77.8 Å². The summed E-state index contributed by atoms with van der Waals surface area (Å²) in [4.78, 5) is 61.2. The molecule has 0 aromatic carbocycles. The fourth-order valence-electron chi connectivity index (χ4n) is 11.2. The van der Waals surface area contributed by atoms with Gasteiger partial charge in [0.25, 0.3) is 0 Å². The SMILES string of the molecule is CCCCCCCCCCCCOC(=O)CCN(CCCN(CC)CCN(CC)CCCN(CCC(=O)OCCCCCCCCCCCC)CCC(=O)OCCCCCCCCCCCC)CCC(=O)OCCCCCCCCCCCC. The van der Waals surface area contributed by atoms with Crippen molar-refractivity contribution in [2.45, 2.75) is 337 Å². The lowest BCUT2D eigenvalue weighted by molar-refractivity contribution is -0.146. The summed E-state index contributed by atoms with van der Waals surface area (Å²) in [5.41, 5.74) is 0. The number of hydrogen-bond donors (Lipinski definition) is 0. The number of hydrogen-bond acceptors (Lipinski definition) is 12. The summed E-state index contributed by atoms with van der Waals surface area (Å²) in [6.45, 7) is 25.1. The molecule has 0 atom stereocenters. The van der Waals surface area contributed by atoms with Gasteiger partial charge in [-0.15, -0.1) is 0 Å². The van der Waals surface area contributed by atoms with E-state index < -0.39 is 0 Å². The van der Waals surface area contributed by atoms with Crippen molar-refractivity contribution in [3.63, 3.8) is 0 Å². The number of esters is 4. The largest absolute Gasteiger partial charge is 0.466 e. The highest BCUT2D eigenvalue weighted by Gasteiger charge is 2.16. The van der Waals surface area contributed by atoms with Gasteiger partial charge in [0.1, 0.15) is 0 Å². The maximum atomic E-state index is 12.9. The quantitative estimate of drug-likeness (QED) is 0.0328. The zero-order valence-electron chi connectivity index (χ0n) is 56.9. The number of carbonyl (C=O) groups excluding carboxylic acids is 4. The fourth-order valence-corrected chi connectivity index (χ4v) is 11.2. The summed E-state index contributed by atoms with van der Waals surface area (Å²) in [6, 6.07) is 0. The third-order valence-corrected chi connectivity index (χ3v) is 17.1. The first-order chi connectivity index (χ1) is 41.2. The maximum absolute atomic E-state index is 12.9. The Morgan fingerprint density at radius 1 is 0.202 bits per heavy atom. The van der Waals surface area contributed by atoms with Crippen LogP contribution in [-0.4, -0.2) is 148 Å². The van der Waals surface area contributed by atoms with E-state index >= 15 is 0 Å². The minimum Gasteiger partial charge on any atom is -0.466 e. The van der Waals surface area contributed by atoms with Gasteiger partial charge in [0, 0.05) is 39.3 Å². The molecule has 0 aromatic heterocycles. The number of likely N-dealkylation sites (N-methyl/N-ethyl adjacent to an activating group) is 2. The van der Waals surface area contributed by atoms with Crippen LogP contribution in [0.15, 0.2) is 0 Å². The van der Waals surface area contributed by atoms with E-state index in [1.54, 1.807) is 0 Å². The highest BCUT2D eigenvalue weighted by Crippen LogP contribution is 2.15. The van der Waals surface area contributed by atoms with Crippen molar-refractivity contribution in [2.75, 3.05) is 105 Å². The second-order valence-corrected chi connectivity index (χ2v) is 24.9. The predicted octanol–water partition coefficient (Wildman–Crippen LogP) is 18.4. The summed E-state index contributed by atoms with van der Waals surface area (Å²) in [6.07, 6.45) is 53.2. The van der Waals surface area contributed by atoms with Gasteiger partial charge in [0.05, 0.1) is 52.1 Å². The van der Waals surface area contributed by atoms with Gasteiger partial charge in [-0.1, -0.05) is 273 Å². The van der Waals surface area contributed by atoms with E-state index in [4.69, 9.17) is 18.9 Å². The van der Waals surface area contributed by atoms with Crippen LogP contribution in [-0.2, 0) is 38.1 Å². The van der Waals surface area contributed by atoms with Crippen molar-refractivity contribution in [3.05, 3.63) is 0 Å². The smallest absolute Gasteiger partial charge is 0.307 e. The molecule has 0 unspecified atom stereocenters. The fraction of sp³-hybridized carbons (Fsp3) is 0.944. The molecule has 12 heteroatoms. The number of carbonyl (C=O) groups is 4. The lowest BCUT2D eigenvalue weighted by Crippen LogP contribution is -2.38. The molecular weight excluding hydrogens is 1050 g/mol. The Labute approximate surface area is 521 Å². The lowest BCUT2D eigenvalue weighted by atomic mass is 10.1. The molecule has 0 aliphatic heterocycles. The van der Waals surface area contributed by atoms with Gasteiger partial charge >= 0.3 is 23.9 Å². The summed E-state index contributed by atoms with van der Waals surface area (Å²) in [5, 5.41) is 0. The van der Waals surface area contributed by atoms with E-state index in [1.807, 2.05) is 0 Å². The maximum Gasteiger partial charge on any atom is 0.307 e. The zero-order valence-corrected chi connectivity index (χ0v) is 56.9. The van der Waals surface area contributed by atoms with Crippen LogP contribution in [0.3, 0.4) is 0 Å². The number of unbranched alkanes of at least 4 members (excludes halogenated alkanes) is 36. The molecule has 0 spiro atoms. The average molecular weight is 1190 g/mol. The van der Waals surface area contributed by atoms with Crippen LogP contribution in [0, 0.1) is 0 Å². The van der Waals surface area contributed by atoms with Crippen LogP contribution in [0.1, 0.15) is 337 Å². The van der Waals surface area contributed by atoms with E-state index in [9.17, 15) is 19.2 Å². The molecule has 0 bridgehead atoms. The van der Waals surface area contributed by atoms with E-state index in [2.05, 4.69) is 61.1 Å². The zero-order chi connectivity index (χ0) is 61.3. The first kappa shape index (κ1) is 81.7. The predicted molar refractivity (Wildman–Crippen MR) is 356 cm³/mol. The minimum atomic E-state index is -0.146. The summed E-state index contributed by atoms with van der Waals surface area (Å²) >= 11 is 0. The van der Waals surface area contributed by atoms with Crippen LogP contribution in [0.2, 0.25) is 0 Å². The van der Waals surface area contributed by atoms with Crippen molar-refractivity contribution in [3.8, 4) is 0 Å². The van der Waals surface area contributed by atoms with Gasteiger partial charge < -0.3 is 38.5 Å². The van der Waals surface area contributed by atoms with Crippen LogP contribution in [0.5, 0.6) is 0 Å². The first-order valence-corrected chi connectivity index (χ1v) is 36.7. The third-order valence-electron chi connectivity index (χ3n) is 17.1. The Kier molecular flexibility index (Phi) is 64.9. The third kappa shape index (κ3) is 60.0. The summed E-state index contributed by atoms with van der Waals surface area (Å²) < 4.78 is 22.7. The van der Waals surface area contributed by atoms with E-state index in [-0.39, 0.29) is 23.9 Å². The molecule has 0 amide bonds. The molecular formula is C72H142N4O8. The molecule has 0 saturated heterocycles. The Hall–Kier alpha value is -2.28. The number of rotatable bonds is 69. The number of ether oxygens (including phenoxy) is 4. The summed E-state index contributed by atoms with van der Waals surface area (Å²) in [5.74, 6) is -0.585. The molecule has 0 saturated carbocycles. The minimum absolute atomic E-state index is 0.146. The van der Waals surface area contributed by atoms with Crippen molar-refractivity contribution in [1.82, 2.24) is 19.6 Å². The van der Waals surface area contributed by atoms with Crippen LogP contribution in [0.25, 0.3) is 0 Å². The van der Waals surface area contributed by atoms with Gasteiger partial charge in [-0.3, -0.25) is 19.2 Å². The average Bonchev–Trinajstić information content (AvgIpc) is 3.51.